The van der Waals surface area contributed by atoms with Gasteiger partial charge in [0.15, 0.2) is 0 Å². The molecule has 0 radical (unpaired) electrons. The Morgan fingerprint density at radius 1 is 1.17 bits per heavy atom. The van der Waals surface area contributed by atoms with Crippen molar-refractivity contribution in [3.05, 3.63) is 59.4 Å². The molecule has 0 saturated carbocycles. The lowest BCUT2D eigenvalue weighted by atomic mass is 9.94. The van der Waals surface area contributed by atoms with Crippen LogP contribution < -0.4 is 15.6 Å². The van der Waals surface area contributed by atoms with Gasteiger partial charge in [-0.05, 0) is 24.3 Å². The van der Waals surface area contributed by atoms with Gasteiger partial charge < -0.3 is 9.72 Å². The molecular weight excluding hydrogens is 314 g/mol. The van der Waals surface area contributed by atoms with E-state index in [0.29, 0.717) is 34.7 Å². The van der Waals surface area contributed by atoms with Crippen molar-refractivity contribution in [3.63, 3.8) is 0 Å². The molecule has 0 spiro atoms. The van der Waals surface area contributed by atoms with E-state index in [0.717, 1.165) is 0 Å². The topological polar surface area (TPSA) is 62.0 Å². The van der Waals surface area contributed by atoms with E-state index in [9.17, 15) is 8.78 Å². The Morgan fingerprint density at radius 3 is 2.83 bits per heavy atom. The Bertz CT molecular complexity index is 895. The third kappa shape index (κ3) is 2.51. The summed E-state index contributed by atoms with van der Waals surface area (Å²) in [7, 11) is 1.50. The molecule has 2 heterocycles. The number of aromatic nitrogens is 2. The maximum atomic E-state index is 14.4. The van der Waals surface area contributed by atoms with Crippen molar-refractivity contribution < 1.29 is 13.5 Å². The Labute approximate surface area is 137 Å². The van der Waals surface area contributed by atoms with Crippen LogP contribution in [0.2, 0.25) is 0 Å². The molecule has 4 rings (SSSR count). The average Bonchev–Trinajstić information content (AvgIpc) is 3.20. The van der Waals surface area contributed by atoms with Crippen LogP contribution in [0.1, 0.15) is 23.3 Å². The minimum atomic E-state index is -0.345. The number of imidazole rings is 1. The second-order valence-corrected chi connectivity index (χ2v) is 5.78. The Morgan fingerprint density at radius 2 is 2.04 bits per heavy atom. The highest BCUT2D eigenvalue weighted by atomic mass is 19.1. The standard InChI is InChI=1S/C17H16F2N4O/c1-24-10-3-4-11(13(19)7-10)16-12(8-20-23-16)17-21-14-5-2-9(18)6-15(14)22-17/h2-7,12,16,20,23H,8H2,1H3,(H,21,22). The third-order valence-corrected chi connectivity index (χ3v) is 4.34. The normalized spacial score (nSPS) is 20.6. The number of halogens is 2. The molecule has 1 aliphatic rings. The summed E-state index contributed by atoms with van der Waals surface area (Å²) in [6.45, 7) is 0.582. The van der Waals surface area contributed by atoms with Crippen LogP contribution in [0.4, 0.5) is 8.78 Å². The fraction of sp³-hybridized carbons (Fsp3) is 0.235. The number of ether oxygens (including phenoxy) is 1. The van der Waals surface area contributed by atoms with E-state index in [1.807, 2.05) is 0 Å². The molecule has 1 fully saturated rings. The Hall–Kier alpha value is -2.51. The number of rotatable bonds is 3. The number of aromatic amines is 1. The summed E-state index contributed by atoms with van der Waals surface area (Å²) in [6, 6.07) is 8.91. The first-order valence-electron chi connectivity index (χ1n) is 7.62. The number of methoxy groups -OCH3 is 1. The number of H-pyrrole nitrogens is 1. The summed E-state index contributed by atoms with van der Waals surface area (Å²) in [5, 5.41) is 0. The first kappa shape index (κ1) is 15.0. The molecule has 24 heavy (non-hydrogen) atoms. The highest BCUT2D eigenvalue weighted by molar-refractivity contribution is 5.75. The summed E-state index contributed by atoms with van der Waals surface area (Å²) in [5.41, 5.74) is 7.98. The second-order valence-electron chi connectivity index (χ2n) is 5.78. The summed E-state index contributed by atoms with van der Waals surface area (Å²) in [6.07, 6.45) is 0. The lowest BCUT2D eigenvalue weighted by molar-refractivity contribution is 0.409. The number of benzene rings is 2. The van der Waals surface area contributed by atoms with Crippen molar-refractivity contribution in [2.45, 2.75) is 12.0 Å². The zero-order chi connectivity index (χ0) is 16.7. The van der Waals surface area contributed by atoms with Crippen molar-refractivity contribution in [1.29, 1.82) is 0 Å². The van der Waals surface area contributed by atoms with Crippen LogP contribution in [0, 0.1) is 11.6 Å². The lowest BCUT2D eigenvalue weighted by Gasteiger charge is -2.18. The monoisotopic (exact) mass is 330 g/mol. The molecule has 2 aromatic carbocycles. The molecule has 3 aromatic rings. The Kier molecular flexibility index (Phi) is 3.66. The number of fused-ring (bicyclic) bond motifs is 1. The van der Waals surface area contributed by atoms with Gasteiger partial charge in [0.2, 0.25) is 0 Å². The van der Waals surface area contributed by atoms with Gasteiger partial charge in [-0.3, -0.25) is 5.43 Å². The van der Waals surface area contributed by atoms with Gasteiger partial charge in [-0.1, -0.05) is 6.07 Å². The molecule has 1 aliphatic heterocycles. The number of hydrazine groups is 1. The second kappa shape index (κ2) is 5.85. The van der Waals surface area contributed by atoms with Crippen LogP contribution >= 0.6 is 0 Å². The van der Waals surface area contributed by atoms with Crippen LogP contribution in [0.15, 0.2) is 36.4 Å². The molecule has 2 atom stereocenters. The van der Waals surface area contributed by atoms with Gasteiger partial charge in [0, 0.05) is 18.2 Å². The quantitative estimate of drug-likeness (QED) is 0.691. The van der Waals surface area contributed by atoms with Gasteiger partial charge in [-0.2, -0.15) is 0 Å². The number of hydrogen-bond acceptors (Lipinski definition) is 4. The van der Waals surface area contributed by atoms with E-state index in [4.69, 9.17) is 4.74 Å². The number of hydrogen-bond donors (Lipinski definition) is 3. The minimum Gasteiger partial charge on any atom is -0.497 e. The fourth-order valence-electron chi connectivity index (χ4n) is 3.11. The van der Waals surface area contributed by atoms with Crippen molar-refractivity contribution in [3.8, 4) is 5.75 Å². The zero-order valence-corrected chi connectivity index (χ0v) is 12.9. The molecule has 7 heteroatoms. The van der Waals surface area contributed by atoms with Gasteiger partial charge in [0.1, 0.15) is 23.2 Å². The van der Waals surface area contributed by atoms with Gasteiger partial charge in [0.05, 0.1) is 30.1 Å². The summed E-state index contributed by atoms with van der Waals surface area (Å²) >= 11 is 0. The van der Waals surface area contributed by atoms with Crippen LogP contribution in [-0.4, -0.2) is 23.6 Å². The predicted molar refractivity (Wildman–Crippen MR) is 85.6 cm³/mol. The predicted octanol–water partition coefficient (Wildman–Crippen LogP) is 2.78. The maximum absolute atomic E-state index is 14.4. The van der Waals surface area contributed by atoms with Gasteiger partial charge >= 0.3 is 0 Å². The highest BCUT2D eigenvalue weighted by Crippen LogP contribution is 2.35. The van der Waals surface area contributed by atoms with E-state index in [1.54, 1.807) is 18.2 Å². The van der Waals surface area contributed by atoms with E-state index in [1.165, 1.54) is 25.3 Å². The third-order valence-electron chi connectivity index (χ3n) is 4.34. The summed E-state index contributed by atoms with van der Waals surface area (Å²) in [4.78, 5) is 7.67. The van der Waals surface area contributed by atoms with E-state index < -0.39 is 0 Å². The van der Waals surface area contributed by atoms with Gasteiger partial charge in [-0.15, -0.1) is 0 Å². The van der Waals surface area contributed by atoms with Crippen molar-refractivity contribution >= 4 is 11.0 Å². The van der Waals surface area contributed by atoms with E-state index in [-0.39, 0.29) is 23.6 Å². The molecule has 3 N–H and O–H groups in total. The van der Waals surface area contributed by atoms with Crippen molar-refractivity contribution in [2.24, 2.45) is 0 Å². The fourth-order valence-corrected chi connectivity index (χ4v) is 3.11. The van der Waals surface area contributed by atoms with Crippen molar-refractivity contribution in [2.75, 3.05) is 13.7 Å². The molecule has 124 valence electrons. The number of nitrogens with zero attached hydrogens (tertiary/aromatic N) is 1. The molecule has 0 bridgehead atoms. The summed E-state index contributed by atoms with van der Waals surface area (Å²) < 4.78 is 32.8. The van der Waals surface area contributed by atoms with E-state index in [2.05, 4.69) is 20.8 Å². The molecule has 5 nitrogen and oxygen atoms in total. The van der Waals surface area contributed by atoms with Crippen molar-refractivity contribution in [1.82, 2.24) is 20.8 Å². The van der Waals surface area contributed by atoms with Gasteiger partial charge in [0.25, 0.3) is 0 Å². The zero-order valence-electron chi connectivity index (χ0n) is 12.9. The average molecular weight is 330 g/mol. The SMILES string of the molecule is COc1ccc(C2NNCC2c2nc3ccc(F)cc3[nH]2)c(F)c1. The molecule has 1 saturated heterocycles. The largest absolute Gasteiger partial charge is 0.497 e. The molecule has 1 aromatic heterocycles. The summed E-state index contributed by atoms with van der Waals surface area (Å²) in [5.74, 6) is 0.385. The van der Waals surface area contributed by atoms with Gasteiger partial charge in [-0.25, -0.2) is 19.2 Å². The first-order chi connectivity index (χ1) is 11.7. The molecule has 0 aliphatic carbocycles. The Balaban J connectivity index is 1.71. The first-order valence-corrected chi connectivity index (χ1v) is 7.62. The molecule has 0 amide bonds. The highest BCUT2D eigenvalue weighted by Gasteiger charge is 2.33. The number of nitrogens with one attached hydrogen (secondary N) is 3. The molecule has 2 unspecified atom stereocenters. The van der Waals surface area contributed by atoms with Crippen LogP contribution in [0.3, 0.4) is 0 Å². The maximum Gasteiger partial charge on any atom is 0.131 e. The van der Waals surface area contributed by atoms with Crippen LogP contribution in [0.25, 0.3) is 11.0 Å². The lowest BCUT2D eigenvalue weighted by Crippen LogP contribution is -2.25. The van der Waals surface area contributed by atoms with Crippen LogP contribution in [0.5, 0.6) is 5.75 Å². The molecular formula is C17H16F2N4O. The smallest absolute Gasteiger partial charge is 0.131 e. The van der Waals surface area contributed by atoms with E-state index >= 15 is 0 Å². The minimum absolute atomic E-state index is 0.108. The van der Waals surface area contributed by atoms with Crippen LogP contribution in [-0.2, 0) is 0 Å².